The quantitative estimate of drug-likeness (QED) is 0.814. The predicted molar refractivity (Wildman–Crippen MR) is 68.9 cm³/mol. The molecule has 0 saturated heterocycles. The molecular weight excluding hydrogens is 254 g/mol. The minimum absolute atomic E-state index is 0.130. The molecule has 0 spiro atoms. The Hall–Kier alpha value is -1.40. The molecule has 1 aromatic carbocycles. The van der Waals surface area contributed by atoms with Crippen molar-refractivity contribution in [1.29, 1.82) is 0 Å². The van der Waals surface area contributed by atoms with Crippen LogP contribution in [-0.2, 0) is 14.8 Å². The monoisotopic (exact) mass is 271 g/mol. The van der Waals surface area contributed by atoms with Crippen molar-refractivity contribution in [2.24, 2.45) is 0 Å². The highest BCUT2D eigenvalue weighted by Gasteiger charge is 2.22. The third-order valence-electron chi connectivity index (χ3n) is 2.56. The summed E-state index contributed by atoms with van der Waals surface area (Å²) in [6, 6.07) is 8.12. The van der Waals surface area contributed by atoms with Gasteiger partial charge >= 0.3 is 5.97 Å². The Morgan fingerprint density at radius 3 is 2.33 bits per heavy atom. The topological polar surface area (TPSA) is 83.5 Å². The van der Waals surface area contributed by atoms with Gasteiger partial charge in [-0.05, 0) is 18.4 Å². The van der Waals surface area contributed by atoms with Crippen LogP contribution in [0.3, 0.4) is 0 Å². The van der Waals surface area contributed by atoms with Crippen LogP contribution < -0.4 is 4.72 Å². The summed E-state index contributed by atoms with van der Waals surface area (Å²) in [5, 5.41) is 8.67. The standard InChI is InChI=1S/C12H17NO4S/c1-9(11-6-4-3-5-7-11)8-18(16,17)13-10(2)12(14)15/h3-7,9-10,13H,8H2,1-2H3,(H,14,15). The Labute approximate surface area is 107 Å². The van der Waals surface area contributed by atoms with E-state index in [-0.39, 0.29) is 11.7 Å². The van der Waals surface area contributed by atoms with E-state index in [1.165, 1.54) is 6.92 Å². The van der Waals surface area contributed by atoms with Crippen LogP contribution in [0.15, 0.2) is 30.3 Å². The number of benzene rings is 1. The van der Waals surface area contributed by atoms with Crippen LogP contribution >= 0.6 is 0 Å². The highest BCUT2D eigenvalue weighted by Crippen LogP contribution is 2.16. The number of aliphatic carboxylic acids is 1. The molecule has 1 aromatic rings. The zero-order valence-electron chi connectivity index (χ0n) is 10.3. The molecule has 18 heavy (non-hydrogen) atoms. The van der Waals surface area contributed by atoms with E-state index in [2.05, 4.69) is 4.72 Å². The molecule has 2 unspecified atom stereocenters. The third kappa shape index (κ3) is 4.46. The smallest absolute Gasteiger partial charge is 0.321 e. The normalized spacial score (nSPS) is 15.0. The van der Waals surface area contributed by atoms with Crippen LogP contribution in [0.25, 0.3) is 0 Å². The van der Waals surface area contributed by atoms with E-state index in [0.717, 1.165) is 5.56 Å². The second kappa shape index (κ2) is 5.97. The Morgan fingerprint density at radius 1 is 1.28 bits per heavy atom. The van der Waals surface area contributed by atoms with Crippen molar-refractivity contribution in [3.8, 4) is 0 Å². The number of rotatable bonds is 6. The number of carbonyl (C=O) groups is 1. The lowest BCUT2D eigenvalue weighted by molar-refractivity contribution is -0.138. The molecule has 2 atom stereocenters. The molecule has 100 valence electrons. The molecule has 0 aromatic heterocycles. The first-order chi connectivity index (χ1) is 8.32. The van der Waals surface area contributed by atoms with Gasteiger partial charge in [0.1, 0.15) is 6.04 Å². The molecule has 0 aliphatic rings. The molecule has 2 N–H and O–H groups in total. The SMILES string of the molecule is CC(NS(=O)(=O)CC(C)c1ccccc1)C(=O)O. The molecule has 0 fully saturated rings. The minimum atomic E-state index is -3.60. The molecule has 0 heterocycles. The van der Waals surface area contributed by atoms with Crippen molar-refractivity contribution in [3.05, 3.63) is 35.9 Å². The summed E-state index contributed by atoms with van der Waals surface area (Å²) in [6.45, 7) is 3.09. The summed E-state index contributed by atoms with van der Waals surface area (Å²) in [4.78, 5) is 10.6. The van der Waals surface area contributed by atoms with Gasteiger partial charge in [-0.1, -0.05) is 37.3 Å². The van der Waals surface area contributed by atoms with Crippen molar-refractivity contribution in [1.82, 2.24) is 4.72 Å². The molecule has 0 aliphatic carbocycles. The van der Waals surface area contributed by atoms with E-state index >= 15 is 0 Å². The van der Waals surface area contributed by atoms with Gasteiger partial charge < -0.3 is 5.11 Å². The fourth-order valence-electron chi connectivity index (χ4n) is 1.57. The van der Waals surface area contributed by atoms with Crippen molar-refractivity contribution in [2.75, 3.05) is 5.75 Å². The first-order valence-electron chi connectivity index (χ1n) is 5.59. The van der Waals surface area contributed by atoms with E-state index in [1.54, 1.807) is 6.92 Å². The van der Waals surface area contributed by atoms with Crippen molar-refractivity contribution in [3.63, 3.8) is 0 Å². The summed E-state index contributed by atoms with van der Waals surface area (Å²) >= 11 is 0. The van der Waals surface area contributed by atoms with Gasteiger partial charge in [0.15, 0.2) is 0 Å². The zero-order valence-corrected chi connectivity index (χ0v) is 11.1. The molecule has 6 heteroatoms. The average molecular weight is 271 g/mol. The number of sulfonamides is 1. The van der Waals surface area contributed by atoms with Crippen LogP contribution in [0.2, 0.25) is 0 Å². The van der Waals surface area contributed by atoms with Gasteiger partial charge in [-0.3, -0.25) is 4.79 Å². The Morgan fingerprint density at radius 2 is 1.83 bits per heavy atom. The van der Waals surface area contributed by atoms with E-state index in [4.69, 9.17) is 5.11 Å². The predicted octanol–water partition coefficient (Wildman–Crippen LogP) is 1.18. The molecule has 0 aliphatic heterocycles. The second-order valence-corrected chi connectivity index (χ2v) is 6.07. The summed E-state index contributed by atoms with van der Waals surface area (Å²) in [5.41, 5.74) is 0.908. The minimum Gasteiger partial charge on any atom is -0.480 e. The second-order valence-electron chi connectivity index (χ2n) is 4.27. The van der Waals surface area contributed by atoms with Crippen LogP contribution in [0.4, 0.5) is 0 Å². The Kier molecular flexibility index (Phi) is 4.86. The summed E-state index contributed by atoms with van der Waals surface area (Å²) < 4.78 is 25.6. The highest BCUT2D eigenvalue weighted by molar-refractivity contribution is 7.89. The van der Waals surface area contributed by atoms with Crippen molar-refractivity contribution in [2.45, 2.75) is 25.8 Å². The number of hydrogen-bond acceptors (Lipinski definition) is 3. The van der Waals surface area contributed by atoms with Gasteiger partial charge in [0.25, 0.3) is 0 Å². The number of carboxylic acid groups (broad SMARTS) is 1. The average Bonchev–Trinajstić information content (AvgIpc) is 2.28. The fraction of sp³-hybridized carbons (Fsp3) is 0.417. The van der Waals surface area contributed by atoms with Gasteiger partial charge in [-0.15, -0.1) is 0 Å². The molecule has 0 radical (unpaired) electrons. The summed E-state index contributed by atoms with van der Waals surface area (Å²) in [5.74, 6) is -1.51. The summed E-state index contributed by atoms with van der Waals surface area (Å²) in [6.07, 6.45) is 0. The first-order valence-corrected chi connectivity index (χ1v) is 7.25. The van der Waals surface area contributed by atoms with Gasteiger partial charge in [0, 0.05) is 0 Å². The van der Waals surface area contributed by atoms with Gasteiger partial charge in [-0.2, -0.15) is 0 Å². The van der Waals surface area contributed by atoms with Crippen LogP contribution in [0.5, 0.6) is 0 Å². The first kappa shape index (κ1) is 14.7. The number of carboxylic acids is 1. The van der Waals surface area contributed by atoms with Crippen molar-refractivity contribution < 1.29 is 18.3 Å². The van der Waals surface area contributed by atoms with E-state index in [1.807, 2.05) is 30.3 Å². The maximum absolute atomic E-state index is 11.8. The molecular formula is C12H17NO4S. The van der Waals surface area contributed by atoms with E-state index in [0.29, 0.717) is 0 Å². The molecule has 0 saturated carbocycles. The Bertz CT molecular complexity index is 498. The number of hydrogen-bond donors (Lipinski definition) is 2. The van der Waals surface area contributed by atoms with Gasteiger partial charge in [0.05, 0.1) is 5.75 Å². The molecule has 5 nitrogen and oxygen atoms in total. The highest BCUT2D eigenvalue weighted by atomic mass is 32.2. The van der Waals surface area contributed by atoms with Gasteiger partial charge in [0.2, 0.25) is 10.0 Å². The third-order valence-corrected chi connectivity index (χ3v) is 4.22. The Balaban J connectivity index is 2.69. The van der Waals surface area contributed by atoms with E-state index in [9.17, 15) is 13.2 Å². The van der Waals surface area contributed by atoms with Crippen molar-refractivity contribution >= 4 is 16.0 Å². The lowest BCUT2D eigenvalue weighted by Gasteiger charge is -2.14. The largest absolute Gasteiger partial charge is 0.480 e. The number of nitrogens with one attached hydrogen (secondary N) is 1. The molecule has 1 rings (SSSR count). The van der Waals surface area contributed by atoms with Gasteiger partial charge in [-0.25, -0.2) is 13.1 Å². The molecule has 0 bridgehead atoms. The molecule has 0 amide bonds. The maximum Gasteiger partial charge on any atom is 0.321 e. The van der Waals surface area contributed by atoms with Crippen LogP contribution in [0.1, 0.15) is 25.3 Å². The lowest BCUT2D eigenvalue weighted by Crippen LogP contribution is -2.40. The fourth-order valence-corrected chi connectivity index (χ4v) is 3.16. The lowest BCUT2D eigenvalue weighted by atomic mass is 10.0. The zero-order chi connectivity index (χ0) is 13.8. The maximum atomic E-state index is 11.8. The summed E-state index contributed by atoms with van der Waals surface area (Å²) in [7, 11) is -3.60. The van der Waals surface area contributed by atoms with Crippen LogP contribution in [-0.4, -0.2) is 31.3 Å². The van der Waals surface area contributed by atoms with Crippen LogP contribution in [0, 0.1) is 0 Å². The van der Waals surface area contributed by atoms with E-state index < -0.39 is 22.0 Å².